The van der Waals surface area contributed by atoms with Gasteiger partial charge in [-0.25, -0.2) is 0 Å². The number of benzene rings is 11. The van der Waals surface area contributed by atoms with Crippen molar-refractivity contribution in [3.05, 3.63) is 278 Å². The van der Waals surface area contributed by atoms with E-state index in [0.29, 0.717) is 0 Å². The summed E-state index contributed by atoms with van der Waals surface area (Å²) in [4.78, 5) is 5.11. The molecular weight excluding hydrogens is 937 g/mol. The summed E-state index contributed by atoms with van der Waals surface area (Å²) in [5.41, 5.74) is 22.1. The number of para-hydroxylation sites is 2. The first-order valence-corrected chi connectivity index (χ1v) is 33.4. The van der Waals surface area contributed by atoms with E-state index < -0.39 is 16.1 Å². The lowest BCUT2D eigenvalue weighted by molar-refractivity contribution is 0.952. The average Bonchev–Trinajstić information content (AvgIpc) is 3.93. The molecular formula is C71H62N2Si2. The molecule has 0 N–H and O–H groups in total. The molecule has 0 fully saturated rings. The SMILES string of the molecule is C[Si](C)(C)C1([Si](C)(C)C)c2cc(N(c3ccccc3)c3cc(-c4ccccc4)ccc3-c3ccccc3)ccc2-c2c1cc(N(c1ccccc1)c1cc(-c3ccccc3)ccc1-c1ccccc1)c1ccccc21. The summed E-state index contributed by atoms with van der Waals surface area (Å²) in [7, 11) is -4.48. The van der Waals surface area contributed by atoms with Gasteiger partial charge in [0.25, 0.3) is 0 Å². The molecule has 0 saturated heterocycles. The summed E-state index contributed by atoms with van der Waals surface area (Å²) in [5, 5.41) is 2.53. The topological polar surface area (TPSA) is 6.48 Å². The normalized spacial score (nSPS) is 12.8. The van der Waals surface area contributed by atoms with Gasteiger partial charge in [0.1, 0.15) is 0 Å². The fourth-order valence-corrected chi connectivity index (χ4v) is 26.0. The van der Waals surface area contributed by atoms with E-state index in [4.69, 9.17) is 0 Å². The quantitative estimate of drug-likeness (QED) is 0.113. The third-order valence-corrected chi connectivity index (χ3v) is 25.8. The van der Waals surface area contributed by atoms with E-state index in [2.05, 4.69) is 316 Å². The number of nitrogens with zero attached hydrogens (tertiary/aromatic N) is 2. The molecule has 0 unspecified atom stereocenters. The van der Waals surface area contributed by atoms with Crippen LogP contribution in [0.2, 0.25) is 39.3 Å². The Morgan fingerprint density at radius 3 is 1.12 bits per heavy atom. The summed E-state index contributed by atoms with van der Waals surface area (Å²) in [5.74, 6) is 0. The first kappa shape index (κ1) is 47.7. The number of anilines is 6. The van der Waals surface area contributed by atoms with Crippen molar-refractivity contribution in [3.8, 4) is 55.6 Å². The van der Waals surface area contributed by atoms with Gasteiger partial charge in [-0.15, -0.1) is 0 Å². The van der Waals surface area contributed by atoms with Crippen LogP contribution < -0.4 is 9.80 Å². The van der Waals surface area contributed by atoms with Gasteiger partial charge in [-0.1, -0.05) is 252 Å². The van der Waals surface area contributed by atoms with Crippen molar-refractivity contribution < 1.29 is 0 Å². The second kappa shape index (κ2) is 19.2. The zero-order valence-corrected chi connectivity index (χ0v) is 45.8. The van der Waals surface area contributed by atoms with Crippen LogP contribution in [0.4, 0.5) is 34.1 Å². The van der Waals surface area contributed by atoms with Gasteiger partial charge in [-0.3, -0.25) is 0 Å². The van der Waals surface area contributed by atoms with Crippen LogP contribution in [-0.4, -0.2) is 16.1 Å². The maximum Gasteiger partial charge on any atom is 0.0579 e. The molecule has 0 amide bonds. The van der Waals surface area contributed by atoms with Gasteiger partial charge in [-0.2, -0.15) is 0 Å². The molecule has 0 aromatic heterocycles. The van der Waals surface area contributed by atoms with Gasteiger partial charge in [0, 0.05) is 38.2 Å². The fraction of sp³-hybridized carbons (Fsp3) is 0.0986. The second-order valence-electron chi connectivity index (χ2n) is 22.1. The number of hydrogen-bond donors (Lipinski definition) is 0. The second-order valence-corrected chi connectivity index (χ2v) is 33.1. The van der Waals surface area contributed by atoms with Gasteiger partial charge in [0.05, 0.1) is 33.2 Å². The van der Waals surface area contributed by atoms with Crippen LogP contribution in [0.1, 0.15) is 11.1 Å². The number of rotatable bonds is 12. The number of hydrogen-bond acceptors (Lipinski definition) is 2. The van der Waals surface area contributed by atoms with Crippen LogP contribution in [0.3, 0.4) is 0 Å². The fourth-order valence-electron chi connectivity index (χ4n) is 13.0. The molecule has 2 nitrogen and oxygen atoms in total. The molecule has 11 aromatic carbocycles. The van der Waals surface area contributed by atoms with E-state index >= 15 is 0 Å². The molecule has 75 heavy (non-hydrogen) atoms. The molecule has 4 heteroatoms. The standard InChI is InChI=1S/C71H62N2Si2/c1-74(2,3)71(75(4,5)6)65-49-59(72(57-35-21-11-22-36-57)67-47-55(51-27-13-7-14-28-51)41-44-60(67)53-31-17-9-18-32-53)43-46-64(65)70-63-40-26-25-39-62(63)69(50-66(70)71)73(58-37-23-12-24-38-58)68-48-56(52-29-15-8-16-30-52)42-45-61(68)54-33-19-10-20-34-54/h7-50H,1-6H3. The summed E-state index contributed by atoms with van der Waals surface area (Å²) in [6.45, 7) is 15.9. The predicted octanol–water partition coefficient (Wildman–Crippen LogP) is 20.5. The van der Waals surface area contributed by atoms with E-state index in [1.165, 1.54) is 83.2 Å². The van der Waals surface area contributed by atoms with Gasteiger partial charge in [0.2, 0.25) is 0 Å². The molecule has 1 aliphatic rings. The Hall–Kier alpha value is -8.29. The predicted molar refractivity (Wildman–Crippen MR) is 328 cm³/mol. The third kappa shape index (κ3) is 8.26. The van der Waals surface area contributed by atoms with Crippen molar-refractivity contribution in [2.75, 3.05) is 9.80 Å². The van der Waals surface area contributed by atoms with E-state index in [9.17, 15) is 0 Å². The van der Waals surface area contributed by atoms with E-state index in [0.717, 1.165) is 28.4 Å². The highest BCUT2D eigenvalue weighted by molar-refractivity contribution is 6.99. The Balaban J connectivity index is 1.15. The minimum absolute atomic E-state index is 0.202. The van der Waals surface area contributed by atoms with Crippen LogP contribution in [0, 0.1) is 0 Å². The molecule has 11 aromatic rings. The van der Waals surface area contributed by atoms with Crippen molar-refractivity contribution in [2.45, 2.75) is 43.9 Å². The summed E-state index contributed by atoms with van der Waals surface area (Å²) in [6, 6.07) is 99.1. The summed E-state index contributed by atoms with van der Waals surface area (Å²) in [6.07, 6.45) is 0. The van der Waals surface area contributed by atoms with Crippen molar-refractivity contribution in [2.24, 2.45) is 0 Å². The average molecular weight is 999 g/mol. The highest BCUT2D eigenvalue weighted by Gasteiger charge is 2.60. The molecule has 1 aliphatic carbocycles. The Labute approximate surface area is 445 Å². The lowest BCUT2D eigenvalue weighted by Gasteiger charge is -2.51. The van der Waals surface area contributed by atoms with Gasteiger partial charge < -0.3 is 9.80 Å². The summed E-state index contributed by atoms with van der Waals surface area (Å²) < 4.78 is -0.202. The monoisotopic (exact) mass is 998 g/mol. The van der Waals surface area contributed by atoms with E-state index in [1.54, 1.807) is 0 Å². The molecule has 0 saturated carbocycles. The van der Waals surface area contributed by atoms with Gasteiger partial charge in [0.15, 0.2) is 0 Å². The molecule has 0 heterocycles. The maximum atomic E-state index is 2.66. The maximum absolute atomic E-state index is 2.66. The molecule has 0 bridgehead atoms. The Morgan fingerprint density at radius 2 is 0.653 bits per heavy atom. The van der Waals surface area contributed by atoms with Gasteiger partial charge in [-0.05, 0) is 116 Å². The van der Waals surface area contributed by atoms with Crippen LogP contribution in [0.25, 0.3) is 66.4 Å². The Morgan fingerprint density at radius 1 is 0.267 bits per heavy atom. The van der Waals surface area contributed by atoms with Crippen LogP contribution in [0.15, 0.2) is 267 Å². The Bertz CT molecular complexity index is 3810. The van der Waals surface area contributed by atoms with E-state index in [-0.39, 0.29) is 4.66 Å². The van der Waals surface area contributed by atoms with Crippen molar-refractivity contribution >= 4 is 61.0 Å². The van der Waals surface area contributed by atoms with E-state index in [1.807, 2.05) is 0 Å². The first-order chi connectivity index (χ1) is 36.5. The lowest BCUT2D eigenvalue weighted by Crippen LogP contribution is -2.63. The zero-order chi connectivity index (χ0) is 51.3. The van der Waals surface area contributed by atoms with Gasteiger partial charge >= 0.3 is 0 Å². The van der Waals surface area contributed by atoms with Crippen molar-refractivity contribution in [1.82, 2.24) is 0 Å². The third-order valence-electron chi connectivity index (χ3n) is 15.7. The molecule has 0 spiro atoms. The Kier molecular flexibility index (Phi) is 12.2. The smallest absolute Gasteiger partial charge is 0.0579 e. The zero-order valence-electron chi connectivity index (χ0n) is 43.8. The highest BCUT2D eigenvalue weighted by Crippen LogP contribution is 2.62. The van der Waals surface area contributed by atoms with Crippen LogP contribution in [-0.2, 0) is 4.66 Å². The largest absolute Gasteiger partial charge is 0.310 e. The lowest BCUT2D eigenvalue weighted by atomic mass is 9.93. The van der Waals surface area contributed by atoms with Crippen molar-refractivity contribution in [3.63, 3.8) is 0 Å². The minimum Gasteiger partial charge on any atom is -0.310 e. The van der Waals surface area contributed by atoms with Crippen molar-refractivity contribution in [1.29, 1.82) is 0 Å². The number of fused-ring (bicyclic) bond motifs is 5. The first-order valence-electron chi connectivity index (χ1n) is 26.4. The molecule has 12 rings (SSSR count). The van der Waals surface area contributed by atoms with Crippen LogP contribution >= 0.6 is 0 Å². The summed E-state index contributed by atoms with van der Waals surface area (Å²) >= 11 is 0. The molecule has 0 atom stereocenters. The highest BCUT2D eigenvalue weighted by atomic mass is 28.4. The minimum atomic E-state index is -2.24. The molecule has 0 radical (unpaired) electrons. The van der Waals surface area contributed by atoms with Crippen LogP contribution in [0.5, 0.6) is 0 Å². The molecule has 0 aliphatic heterocycles. The molecule has 364 valence electrons.